The first-order valence-electron chi connectivity index (χ1n) is 7.33. The lowest BCUT2D eigenvalue weighted by molar-refractivity contribution is -0.115. The Labute approximate surface area is 137 Å². The number of anilines is 2. The van der Waals surface area contributed by atoms with Crippen LogP contribution in [0.25, 0.3) is 0 Å². The first-order chi connectivity index (χ1) is 11.4. The first kappa shape index (κ1) is 14.9. The van der Waals surface area contributed by atoms with E-state index in [2.05, 4.69) is 5.32 Å². The molecular formula is C16H13FN2O4S. The number of rotatable bonds is 2. The molecule has 0 atom stereocenters. The minimum absolute atomic E-state index is 0.0647. The molecular weight excluding hydrogens is 335 g/mol. The molecule has 2 aliphatic rings. The molecule has 6 nitrogen and oxygen atoms in total. The lowest BCUT2D eigenvalue weighted by Crippen LogP contribution is -2.38. The molecule has 2 aromatic rings. The molecule has 1 amide bonds. The summed E-state index contributed by atoms with van der Waals surface area (Å²) in [4.78, 5) is 11.5. The lowest BCUT2D eigenvalue weighted by Gasteiger charge is -2.30. The smallest absolute Gasteiger partial charge is 0.264 e. The largest absolute Gasteiger partial charge is 0.489 e. The van der Waals surface area contributed by atoms with Gasteiger partial charge >= 0.3 is 0 Å². The highest BCUT2D eigenvalue weighted by Crippen LogP contribution is 2.36. The average molecular weight is 348 g/mol. The third-order valence-electron chi connectivity index (χ3n) is 4.03. The standard InChI is InChI=1S/C16H13FN2O4S/c17-11-1-4-15-14(9-11)19(5-6-23-15)24(21,22)12-2-3-13-10(7-12)8-16(20)18-13/h1-4,7,9H,5-6,8H2,(H,18,20). The van der Waals surface area contributed by atoms with Gasteiger partial charge in [0.15, 0.2) is 0 Å². The molecule has 2 aromatic carbocycles. The van der Waals surface area contributed by atoms with Crippen molar-refractivity contribution < 1.29 is 22.3 Å². The number of benzene rings is 2. The molecule has 0 radical (unpaired) electrons. The molecule has 0 spiro atoms. The van der Waals surface area contributed by atoms with E-state index >= 15 is 0 Å². The van der Waals surface area contributed by atoms with Gasteiger partial charge in [0.2, 0.25) is 5.91 Å². The van der Waals surface area contributed by atoms with Crippen molar-refractivity contribution >= 4 is 27.3 Å². The number of carbonyl (C=O) groups excluding carboxylic acids is 1. The fraction of sp³-hybridized carbons (Fsp3) is 0.188. The molecule has 2 aliphatic heterocycles. The third-order valence-corrected chi connectivity index (χ3v) is 5.84. The van der Waals surface area contributed by atoms with Gasteiger partial charge < -0.3 is 10.1 Å². The predicted octanol–water partition coefficient (Wildman–Crippen LogP) is 1.91. The van der Waals surface area contributed by atoms with E-state index in [4.69, 9.17) is 4.74 Å². The molecule has 0 bridgehead atoms. The molecule has 0 saturated heterocycles. The summed E-state index contributed by atoms with van der Waals surface area (Å²) in [6.45, 7) is 0.274. The minimum Gasteiger partial charge on any atom is -0.489 e. The Morgan fingerprint density at radius 1 is 1.17 bits per heavy atom. The number of nitrogens with one attached hydrogen (secondary N) is 1. The fourth-order valence-corrected chi connectivity index (χ4v) is 4.41. The van der Waals surface area contributed by atoms with E-state index in [0.29, 0.717) is 17.0 Å². The van der Waals surface area contributed by atoms with Crippen LogP contribution in [0.1, 0.15) is 5.56 Å². The van der Waals surface area contributed by atoms with Crippen molar-refractivity contribution in [2.75, 3.05) is 22.8 Å². The number of ether oxygens (including phenoxy) is 1. The number of hydrogen-bond donors (Lipinski definition) is 1. The summed E-state index contributed by atoms with van der Waals surface area (Å²) in [5.41, 5.74) is 1.43. The molecule has 8 heteroatoms. The van der Waals surface area contributed by atoms with Gasteiger partial charge in [-0.25, -0.2) is 12.8 Å². The molecule has 1 N–H and O–H groups in total. The van der Waals surface area contributed by atoms with Crippen LogP contribution in [0.3, 0.4) is 0 Å². The van der Waals surface area contributed by atoms with Crippen LogP contribution in [0.4, 0.5) is 15.8 Å². The van der Waals surface area contributed by atoms with Crippen molar-refractivity contribution in [2.45, 2.75) is 11.3 Å². The zero-order valence-corrected chi connectivity index (χ0v) is 13.3. The Morgan fingerprint density at radius 2 is 2.00 bits per heavy atom. The summed E-state index contributed by atoms with van der Waals surface area (Å²) in [6, 6.07) is 8.27. The topological polar surface area (TPSA) is 75.7 Å². The predicted molar refractivity (Wildman–Crippen MR) is 85.2 cm³/mol. The molecule has 0 unspecified atom stereocenters. The molecule has 4 rings (SSSR count). The van der Waals surface area contributed by atoms with Crippen LogP contribution in [0.2, 0.25) is 0 Å². The Kier molecular flexibility index (Phi) is 3.24. The summed E-state index contributed by atoms with van der Waals surface area (Å²) in [5, 5.41) is 2.66. The number of sulfonamides is 1. The van der Waals surface area contributed by atoms with Crippen molar-refractivity contribution in [3.63, 3.8) is 0 Å². The van der Waals surface area contributed by atoms with Crippen molar-refractivity contribution in [3.05, 3.63) is 47.8 Å². The normalized spacial score (nSPS) is 16.2. The number of nitrogens with zero attached hydrogens (tertiary/aromatic N) is 1. The van der Waals surface area contributed by atoms with E-state index in [-0.39, 0.29) is 36.1 Å². The Hall–Kier alpha value is -2.61. The summed E-state index contributed by atoms with van der Waals surface area (Å²) >= 11 is 0. The van der Waals surface area contributed by atoms with Crippen LogP contribution in [-0.2, 0) is 21.2 Å². The van der Waals surface area contributed by atoms with Crippen molar-refractivity contribution in [2.24, 2.45) is 0 Å². The van der Waals surface area contributed by atoms with E-state index < -0.39 is 15.8 Å². The van der Waals surface area contributed by atoms with Crippen molar-refractivity contribution in [1.29, 1.82) is 0 Å². The van der Waals surface area contributed by atoms with Crippen LogP contribution in [0.5, 0.6) is 5.75 Å². The van der Waals surface area contributed by atoms with Crippen LogP contribution in [-0.4, -0.2) is 27.5 Å². The second-order valence-electron chi connectivity index (χ2n) is 5.58. The van der Waals surface area contributed by atoms with Gasteiger partial charge in [0.25, 0.3) is 10.0 Å². The van der Waals surface area contributed by atoms with Gasteiger partial charge in [-0.1, -0.05) is 0 Å². The van der Waals surface area contributed by atoms with Gasteiger partial charge in [-0.15, -0.1) is 0 Å². The Balaban J connectivity index is 1.79. The van der Waals surface area contributed by atoms with E-state index in [1.807, 2.05) is 0 Å². The van der Waals surface area contributed by atoms with Gasteiger partial charge in [0.05, 0.1) is 23.5 Å². The van der Waals surface area contributed by atoms with Crippen LogP contribution < -0.4 is 14.4 Å². The van der Waals surface area contributed by atoms with Gasteiger partial charge in [-0.3, -0.25) is 9.10 Å². The summed E-state index contributed by atoms with van der Waals surface area (Å²) < 4.78 is 46.1. The van der Waals surface area contributed by atoms with Crippen molar-refractivity contribution in [3.8, 4) is 5.75 Å². The maximum atomic E-state index is 13.6. The molecule has 0 aromatic heterocycles. The minimum atomic E-state index is -3.88. The zero-order chi connectivity index (χ0) is 16.9. The molecule has 0 saturated carbocycles. The molecule has 124 valence electrons. The maximum Gasteiger partial charge on any atom is 0.264 e. The van der Waals surface area contributed by atoms with E-state index in [1.165, 1.54) is 24.3 Å². The third kappa shape index (κ3) is 2.30. The second kappa shape index (κ2) is 5.20. The van der Waals surface area contributed by atoms with E-state index in [9.17, 15) is 17.6 Å². The van der Waals surface area contributed by atoms with Gasteiger partial charge in [-0.05, 0) is 35.9 Å². The fourth-order valence-electron chi connectivity index (χ4n) is 2.91. The van der Waals surface area contributed by atoms with Crippen LogP contribution in [0, 0.1) is 5.82 Å². The molecule has 24 heavy (non-hydrogen) atoms. The number of halogens is 1. The summed E-state index contributed by atoms with van der Waals surface area (Å²) in [6.07, 6.45) is 0.146. The average Bonchev–Trinajstić information content (AvgIpc) is 2.93. The summed E-state index contributed by atoms with van der Waals surface area (Å²) in [5.74, 6) is -0.384. The first-order valence-corrected chi connectivity index (χ1v) is 8.77. The molecule has 0 aliphatic carbocycles. The van der Waals surface area contributed by atoms with Crippen LogP contribution >= 0.6 is 0 Å². The molecule has 2 heterocycles. The number of hydrogen-bond acceptors (Lipinski definition) is 4. The van der Waals surface area contributed by atoms with Gasteiger partial charge in [0, 0.05) is 11.8 Å². The van der Waals surface area contributed by atoms with Gasteiger partial charge in [-0.2, -0.15) is 0 Å². The highest BCUT2D eigenvalue weighted by molar-refractivity contribution is 7.92. The molecule has 0 fully saturated rings. The number of amides is 1. The maximum absolute atomic E-state index is 13.6. The SMILES string of the molecule is O=C1Cc2cc(S(=O)(=O)N3CCOc4ccc(F)cc43)ccc2N1. The van der Waals surface area contributed by atoms with Crippen LogP contribution in [0.15, 0.2) is 41.3 Å². The van der Waals surface area contributed by atoms with Crippen molar-refractivity contribution in [1.82, 2.24) is 0 Å². The Morgan fingerprint density at radius 3 is 2.83 bits per heavy atom. The quantitative estimate of drug-likeness (QED) is 0.899. The highest BCUT2D eigenvalue weighted by Gasteiger charge is 2.31. The summed E-state index contributed by atoms with van der Waals surface area (Å²) in [7, 11) is -3.88. The van der Waals surface area contributed by atoms with E-state index in [0.717, 1.165) is 10.4 Å². The van der Waals surface area contributed by atoms with E-state index in [1.54, 1.807) is 6.07 Å². The number of carbonyl (C=O) groups is 1. The Bertz CT molecular complexity index is 959. The number of fused-ring (bicyclic) bond motifs is 2. The second-order valence-corrected chi connectivity index (χ2v) is 7.44. The zero-order valence-electron chi connectivity index (χ0n) is 12.5. The van der Waals surface area contributed by atoms with Gasteiger partial charge in [0.1, 0.15) is 18.2 Å². The monoisotopic (exact) mass is 348 g/mol. The highest BCUT2D eigenvalue weighted by atomic mass is 32.2. The lowest BCUT2D eigenvalue weighted by atomic mass is 10.2.